The second-order valence-electron chi connectivity index (χ2n) is 8.85. The molecule has 1 heterocycles. The van der Waals surface area contributed by atoms with E-state index in [0.29, 0.717) is 13.0 Å². The van der Waals surface area contributed by atoms with Crippen LogP contribution < -0.4 is 10.6 Å². The van der Waals surface area contributed by atoms with Gasteiger partial charge in [0, 0.05) is 50.9 Å². The molecule has 2 aromatic rings. The molecule has 0 aliphatic carbocycles. The minimum Gasteiger partial charge on any atom is -0.353 e. The predicted octanol–water partition coefficient (Wildman–Crippen LogP) is 5.12. The van der Waals surface area contributed by atoms with Crippen LogP contribution in [0.1, 0.15) is 43.7 Å². The van der Waals surface area contributed by atoms with E-state index < -0.39 is 17.8 Å². The summed E-state index contributed by atoms with van der Waals surface area (Å²) in [6, 6.07) is 14.4. The summed E-state index contributed by atoms with van der Waals surface area (Å²) >= 11 is 0. The number of likely N-dealkylation sites (tertiary alicyclic amines) is 1. The third kappa shape index (κ3) is 8.58. The molecule has 2 N–H and O–H groups in total. The van der Waals surface area contributed by atoms with Crippen molar-refractivity contribution in [3.8, 4) is 0 Å². The highest BCUT2D eigenvalue weighted by Gasteiger charge is 2.30. The van der Waals surface area contributed by atoms with Crippen LogP contribution in [0, 0.1) is 0 Å². The normalized spacial score (nSPS) is 15.0. The molecule has 9 heteroatoms. The molecule has 0 unspecified atom stereocenters. The van der Waals surface area contributed by atoms with Gasteiger partial charge in [-0.1, -0.05) is 43.3 Å². The van der Waals surface area contributed by atoms with Gasteiger partial charge in [0.15, 0.2) is 0 Å². The van der Waals surface area contributed by atoms with Gasteiger partial charge < -0.3 is 15.5 Å². The minimum atomic E-state index is -4.49. The number of nitrogens with zero attached hydrogens (tertiary/aromatic N) is 2. The molecule has 1 fully saturated rings. The van der Waals surface area contributed by atoms with Crippen molar-refractivity contribution in [1.29, 1.82) is 0 Å². The molecule has 3 amide bonds. The lowest BCUT2D eigenvalue weighted by Crippen LogP contribution is -2.45. The number of hydrogen-bond donors (Lipinski definition) is 2. The molecule has 2 aromatic carbocycles. The highest BCUT2D eigenvalue weighted by molar-refractivity contribution is 5.89. The number of rotatable bonds is 9. The second-order valence-corrected chi connectivity index (χ2v) is 8.85. The van der Waals surface area contributed by atoms with Crippen LogP contribution in [0.15, 0.2) is 54.6 Å². The van der Waals surface area contributed by atoms with Crippen LogP contribution in [0.4, 0.5) is 23.7 Å². The summed E-state index contributed by atoms with van der Waals surface area (Å²) in [6.45, 7) is 5.19. The monoisotopic (exact) mass is 490 g/mol. The number of piperidine rings is 1. The number of benzene rings is 2. The highest BCUT2D eigenvalue weighted by Crippen LogP contribution is 2.30. The lowest BCUT2D eigenvalue weighted by molar-refractivity contribution is -0.137. The van der Waals surface area contributed by atoms with Crippen LogP contribution in [-0.2, 0) is 17.5 Å². The Morgan fingerprint density at radius 1 is 1.03 bits per heavy atom. The number of carbonyl (C=O) groups excluding carboxylic acids is 2. The van der Waals surface area contributed by atoms with Gasteiger partial charge in [-0.05, 0) is 43.0 Å². The molecular formula is C26H33F3N4O2. The summed E-state index contributed by atoms with van der Waals surface area (Å²) < 4.78 is 38.8. The Labute approximate surface area is 204 Å². The molecule has 0 radical (unpaired) electrons. The van der Waals surface area contributed by atoms with Gasteiger partial charge in [-0.2, -0.15) is 13.2 Å². The Kier molecular flexibility index (Phi) is 9.54. The van der Waals surface area contributed by atoms with E-state index in [-0.39, 0.29) is 30.6 Å². The topological polar surface area (TPSA) is 64.7 Å². The van der Waals surface area contributed by atoms with Gasteiger partial charge in [0.05, 0.1) is 5.56 Å². The van der Waals surface area contributed by atoms with Gasteiger partial charge in [0.1, 0.15) is 0 Å². The number of halogens is 3. The molecular weight excluding hydrogens is 457 g/mol. The molecule has 1 aliphatic heterocycles. The first-order valence-corrected chi connectivity index (χ1v) is 12.0. The Morgan fingerprint density at radius 3 is 2.40 bits per heavy atom. The average molecular weight is 491 g/mol. The molecule has 190 valence electrons. The fourth-order valence-corrected chi connectivity index (χ4v) is 4.17. The molecule has 0 spiro atoms. The molecule has 35 heavy (non-hydrogen) atoms. The fraction of sp³-hybridized carbons (Fsp3) is 0.462. The number of carbonyl (C=O) groups is 2. The van der Waals surface area contributed by atoms with Crippen molar-refractivity contribution in [3.05, 3.63) is 65.7 Å². The molecule has 0 atom stereocenters. The zero-order chi connectivity index (χ0) is 25.3. The van der Waals surface area contributed by atoms with E-state index in [1.54, 1.807) is 0 Å². The summed E-state index contributed by atoms with van der Waals surface area (Å²) in [5, 5.41) is 5.58. The van der Waals surface area contributed by atoms with Gasteiger partial charge in [-0.15, -0.1) is 0 Å². The Hall–Kier alpha value is -3.07. The summed E-state index contributed by atoms with van der Waals surface area (Å²) in [4.78, 5) is 29.0. The van der Waals surface area contributed by atoms with E-state index in [4.69, 9.17) is 0 Å². The highest BCUT2D eigenvalue weighted by atomic mass is 19.4. The van der Waals surface area contributed by atoms with Crippen LogP contribution in [0.3, 0.4) is 0 Å². The van der Waals surface area contributed by atoms with Crippen molar-refractivity contribution in [1.82, 2.24) is 15.1 Å². The Balaban J connectivity index is 1.43. The zero-order valence-electron chi connectivity index (χ0n) is 20.0. The Morgan fingerprint density at radius 2 is 1.74 bits per heavy atom. The van der Waals surface area contributed by atoms with Crippen LogP contribution in [-0.4, -0.2) is 54.0 Å². The molecule has 6 nitrogen and oxygen atoms in total. The summed E-state index contributed by atoms with van der Waals surface area (Å²) in [5.74, 6) is -0.125. The summed E-state index contributed by atoms with van der Waals surface area (Å²) in [5.41, 5.74) is 0.513. The standard InChI is InChI=1S/C26H33F3N4O2/c1-2-14-33(25(35)31-23-10-6-9-21(18-23)26(27,28)29)17-13-24(34)30-22-11-15-32(16-12-22)19-20-7-4-3-5-8-20/h3-10,18,22H,2,11-17,19H2,1H3,(H,30,34)(H,31,35). The van der Waals surface area contributed by atoms with E-state index in [0.717, 1.165) is 44.6 Å². The number of amides is 3. The smallest absolute Gasteiger partial charge is 0.353 e. The fourth-order valence-electron chi connectivity index (χ4n) is 4.17. The van der Waals surface area contributed by atoms with E-state index in [1.165, 1.54) is 22.6 Å². The molecule has 3 rings (SSSR count). The number of alkyl halides is 3. The summed E-state index contributed by atoms with van der Waals surface area (Å²) in [6.07, 6.45) is -1.95. The van der Waals surface area contributed by atoms with Crippen molar-refractivity contribution in [2.75, 3.05) is 31.5 Å². The maximum absolute atomic E-state index is 12.9. The first-order valence-electron chi connectivity index (χ1n) is 12.0. The molecule has 0 bridgehead atoms. The van der Waals surface area contributed by atoms with Crippen LogP contribution >= 0.6 is 0 Å². The lowest BCUT2D eigenvalue weighted by Gasteiger charge is -2.32. The summed E-state index contributed by atoms with van der Waals surface area (Å²) in [7, 11) is 0. The first kappa shape index (κ1) is 26.5. The van der Waals surface area contributed by atoms with Gasteiger partial charge in [0.2, 0.25) is 5.91 Å². The molecule has 0 aromatic heterocycles. The van der Waals surface area contributed by atoms with Crippen molar-refractivity contribution >= 4 is 17.6 Å². The van der Waals surface area contributed by atoms with Crippen molar-refractivity contribution in [3.63, 3.8) is 0 Å². The third-order valence-electron chi connectivity index (χ3n) is 6.03. The quantitative estimate of drug-likeness (QED) is 0.513. The van der Waals surface area contributed by atoms with Crippen molar-refractivity contribution < 1.29 is 22.8 Å². The zero-order valence-corrected chi connectivity index (χ0v) is 20.0. The van der Waals surface area contributed by atoms with Crippen LogP contribution in [0.5, 0.6) is 0 Å². The predicted molar refractivity (Wildman–Crippen MR) is 130 cm³/mol. The first-order chi connectivity index (χ1) is 16.7. The molecule has 1 saturated heterocycles. The maximum atomic E-state index is 12.9. The van der Waals surface area contributed by atoms with E-state index in [2.05, 4.69) is 27.7 Å². The van der Waals surface area contributed by atoms with Crippen LogP contribution in [0.25, 0.3) is 0 Å². The van der Waals surface area contributed by atoms with Gasteiger partial charge in [-0.25, -0.2) is 4.79 Å². The van der Waals surface area contributed by atoms with Crippen molar-refractivity contribution in [2.24, 2.45) is 0 Å². The van der Waals surface area contributed by atoms with E-state index >= 15 is 0 Å². The maximum Gasteiger partial charge on any atom is 0.416 e. The van der Waals surface area contributed by atoms with Gasteiger partial charge >= 0.3 is 12.2 Å². The van der Waals surface area contributed by atoms with Crippen LogP contribution in [0.2, 0.25) is 0 Å². The molecule has 0 saturated carbocycles. The largest absolute Gasteiger partial charge is 0.416 e. The minimum absolute atomic E-state index is 0.0673. The average Bonchev–Trinajstić information content (AvgIpc) is 2.83. The number of anilines is 1. The van der Waals surface area contributed by atoms with Crippen molar-refractivity contribution in [2.45, 2.75) is 51.4 Å². The molecule has 1 aliphatic rings. The van der Waals surface area contributed by atoms with E-state index in [1.807, 2.05) is 25.1 Å². The Bertz CT molecular complexity index is 961. The van der Waals surface area contributed by atoms with Gasteiger partial charge in [-0.3, -0.25) is 9.69 Å². The second kappa shape index (κ2) is 12.6. The number of nitrogens with one attached hydrogen (secondary N) is 2. The SMILES string of the molecule is CCCN(CCC(=O)NC1CCN(Cc2ccccc2)CC1)C(=O)Nc1cccc(C(F)(F)F)c1. The lowest BCUT2D eigenvalue weighted by atomic mass is 10.0. The number of hydrogen-bond acceptors (Lipinski definition) is 3. The third-order valence-corrected chi connectivity index (χ3v) is 6.03. The number of urea groups is 1. The van der Waals surface area contributed by atoms with E-state index in [9.17, 15) is 22.8 Å². The van der Waals surface area contributed by atoms with Gasteiger partial charge in [0.25, 0.3) is 0 Å².